The summed E-state index contributed by atoms with van der Waals surface area (Å²) in [5.41, 5.74) is 2.34. The summed E-state index contributed by atoms with van der Waals surface area (Å²) in [4.78, 5) is 2.29. The van der Waals surface area contributed by atoms with Gasteiger partial charge in [-0.05, 0) is 17.5 Å². The molecule has 0 saturated carbocycles. The fourth-order valence-electron chi connectivity index (χ4n) is 2.99. The Morgan fingerprint density at radius 2 is 1.35 bits per heavy atom. The van der Waals surface area contributed by atoms with Crippen molar-refractivity contribution in [2.45, 2.75) is 18.5 Å². The van der Waals surface area contributed by atoms with Crippen molar-refractivity contribution in [2.24, 2.45) is 0 Å². The molecule has 0 fully saturated rings. The van der Waals surface area contributed by atoms with Gasteiger partial charge in [0.1, 0.15) is 0 Å². The summed E-state index contributed by atoms with van der Waals surface area (Å²) < 4.78 is 0. The highest BCUT2D eigenvalue weighted by molar-refractivity contribution is 5.24. The van der Waals surface area contributed by atoms with E-state index in [1.165, 1.54) is 5.56 Å². The molecule has 0 aromatic heterocycles. The Hall–Kier alpha value is -2.16. The van der Waals surface area contributed by atoms with Gasteiger partial charge in [-0.1, -0.05) is 72.8 Å². The number of hydrogen-bond donors (Lipinski definition) is 1. The van der Waals surface area contributed by atoms with E-state index in [9.17, 15) is 5.11 Å². The predicted molar refractivity (Wildman–Crippen MR) is 97.2 cm³/mol. The molecule has 2 rings (SSSR count). The number of hydrogen-bond acceptors (Lipinski definition) is 2. The van der Waals surface area contributed by atoms with Gasteiger partial charge in [-0.25, -0.2) is 0 Å². The van der Waals surface area contributed by atoms with Crippen LogP contribution in [0.3, 0.4) is 0 Å². The molecule has 2 atom stereocenters. The van der Waals surface area contributed by atoms with Gasteiger partial charge in [-0.2, -0.15) is 0 Å². The Bertz CT molecular complexity index is 594. The topological polar surface area (TPSA) is 23.5 Å². The van der Waals surface area contributed by atoms with E-state index in [2.05, 4.69) is 42.3 Å². The molecule has 0 radical (unpaired) electrons. The highest BCUT2D eigenvalue weighted by Crippen LogP contribution is 2.33. The lowest BCUT2D eigenvalue weighted by molar-refractivity contribution is 0.0940. The Morgan fingerprint density at radius 1 is 0.826 bits per heavy atom. The minimum absolute atomic E-state index is 0.0678. The van der Waals surface area contributed by atoms with Crippen molar-refractivity contribution in [2.75, 3.05) is 13.2 Å². The molecule has 0 spiro atoms. The number of benzene rings is 2. The number of aliphatic hydroxyl groups is 1. The van der Waals surface area contributed by atoms with Gasteiger partial charge in [0.2, 0.25) is 0 Å². The summed E-state index contributed by atoms with van der Waals surface area (Å²) in [6.45, 7) is 8.58. The van der Waals surface area contributed by atoms with Crippen LogP contribution in [0.5, 0.6) is 0 Å². The molecule has 120 valence electrons. The fraction of sp³-hybridized carbons (Fsp3) is 0.238. The van der Waals surface area contributed by atoms with Crippen molar-refractivity contribution >= 4 is 0 Å². The smallest absolute Gasteiger partial charge is 0.0628 e. The first kappa shape index (κ1) is 17.2. The Balaban J connectivity index is 2.40. The lowest BCUT2D eigenvalue weighted by Gasteiger charge is -2.37. The number of nitrogens with zero attached hydrogens (tertiary/aromatic N) is 1. The van der Waals surface area contributed by atoms with E-state index >= 15 is 0 Å². The normalized spacial score (nSPS) is 13.5. The van der Waals surface area contributed by atoms with Gasteiger partial charge in [0.15, 0.2) is 0 Å². The van der Waals surface area contributed by atoms with Gasteiger partial charge in [0.05, 0.1) is 12.6 Å². The van der Waals surface area contributed by atoms with E-state index in [0.717, 1.165) is 12.0 Å². The molecular formula is C21H25NO. The SMILES string of the molecule is C=CC[C@@H](c1ccccc1)N(CC=C)[C@H](CO)c1ccccc1. The van der Waals surface area contributed by atoms with Crippen molar-refractivity contribution in [3.8, 4) is 0 Å². The predicted octanol–water partition coefficient (Wildman–Crippen LogP) is 4.53. The second-order valence-corrected chi connectivity index (χ2v) is 5.55. The van der Waals surface area contributed by atoms with E-state index < -0.39 is 0 Å². The molecule has 2 aromatic carbocycles. The van der Waals surface area contributed by atoms with E-state index in [0.29, 0.717) is 6.54 Å². The average Bonchev–Trinajstić information content (AvgIpc) is 2.61. The van der Waals surface area contributed by atoms with Crippen LogP contribution in [-0.2, 0) is 0 Å². The van der Waals surface area contributed by atoms with Crippen molar-refractivity contribution in [3.05, 3.63) is 97.1 Å². The van der Waals surface area contributed by atoms with Crippen molar-refractivity contribution in [1.29, 1.82) is 0 Å². The zero-order chi connectivity index (χ0) is 16.5. The maximum absolute atomic E-state index is 10.0. The third-order valence-corrected chi connectivity index (χ3v) is 4.07. The second-order valence-electron chi connectivity index (χ2n) is 5.55. The van der Waals surface area contributed by atoms with Crippen molar-refractivity contribution < 1.29 is 5.11 Å². The van der Waals surface area contributed by atoms with Crippen LogP contribution < -0.4 is 0 Å². The van der Waals surface area contributed by atoms with Crippen LogP contribution in [-0.4, -0.2) is 23.2 Å². The third kappa shape index (κ3) is 4.41. The summed E-state index contributed by atoms with van der Waals surface area (Å²) in [5.74, 6) is 0. The first-order valence-corrected chi connectivity index (χ1v) is 8.00. The molecule has 0 saturated heterocycles. The monoisotopic (exact) mass is 307 g/mol. The van der Waals surface area contributed by atoms with Gasteiger partial charge in [0.25, 0.3) is 0 Å². The molecule has 2 heteroatoms. The summed E-state index contributed by atoms with van der Waals surface area (Å²) >= 11 is 0. The average molecular weight is 307 g/mol. The standard InChI is InChI=1S/C21H25NO/c1-3-11-20(18-12-7-5-8-13-18)22(16-4-2)21(17-23)19-14-9-6-10-15-19/h3-10,12-15,20-21,23H,1-2,11,16-17H2/t20-,21+/m0/s1. The molecule has 0 bridgehead atoms. The zero-order valence-electron chi connectivity index (χ0n) is 13.5. The van der Waals surface area contributed by atoms with Crippen LogP contribution in [0.4, 0.5) is 0 Å². The molecule has 0 aliphatic heterocycles. The highest BCUT2D eigenvalue weighted by atomic mass is 16.3. The van der Waals surface area contributed by atoms with Gasteiger partial charge >= 0.3 is 0 Å². The first-order valence-electron chi connectivity index (χ1n) is 8.00. The largest absolute Gasteiger partial charge is 0.394 e. The molecule has 0 aliphatic rings. The minimum Gasteiger partial charge on any atom is -0.394 e. The molecule has 0 heterocycles. The van der Waals surface area contributed by atoms with Crippen molar-refractivity contribution in [1.82, 2.24) is 4.90 Å². The quantitative estimate of drug-likeness (QED) is 0.688. The third-order valence-electron chi connectivity index (χ3n) is 4.07. The van der Waals surface area contributed by atoms with Crippen LogP contribution in [0, 0.1) is 0 Å². The first-order chi connectivity index (χ1) is 11.3. The molecule has 1 N–H and O–H groups in total. The van der Waals surface area contributed by atoms with E-state index in [1.807, 2.05) is 48.6 Å². The summed E-state index contributed by atoms with van der Waals surface area (Å²) in [5, 5.41) is 10.0. The number of rotatable bonds is 9. The zero-order valence-corrected chi connectivity index (χ0v) is 13.5. The van der Waals surface area contributed by atoms with Crippen LogP contribution in [0.25, 0.3) is 0 Å². The fourth-order valence-corrected chi connectivity index (χ4v) is 2.99. The van der Waals surface area contributed by atoms with Gasteiger partial charge in [-0.3, -0.25) is 4.90 Å². The van der Waals surface area contributed by atoms with Crippen molar-refractivity contribution in [3.63, 3.8) is 0 Å². The van der Waals surface area contributed by atoms with Gasteiger partial charge in [-0.15, -0.1) is 13.2 Å². The maximum atomic E-state index is 10.0. The summed E-state index contributed by atoms with van der Waals surface area (Å²) in [6.07, 6.45) is 4.65. The molecule has 2 aromatic rings. The van der Waals surface area contributed by atoms with Crippen LogP contribution in [0.1, 0.15) is 29.6 Å². The molecule has 23 heavy (non-hydrogen) atoms. The van der Waals surface area contributed by atoms with Crippen LogP contribution in [0.2, 0.25) is 0 Å². The summed E-state index contributed by atoms with van der Waals surface area (Å²) in [6, 6.07) is 20.6. The minimum atomic E-state index is -0.0700. The Labute approximate surface area is 139 Å². The van der Waals surface area contributed by atoms with E-state index in [1.54, 1.807) is 0 Å². The molecule has 2 nitrogen and oxygen atoms in total. The van der Waals surface area contributed by atoms with Gasteiger partial charge < -0.3 is 5.11 Å². The number of aliphatic hydroxyl groups excluding tert-OH is 1. The van der Waals surface area contributed by atoms with E-state index in [4.69, 9.17) is 0 Å². The lowest BCUT2D eigenvalue weighted by atomic mass is 9.97. The summed E-state index contributed by atoms with van der Waals surface area (Å²) in [7, 11) is 0. The van der Waals surface area contributed by atoms with Crippen LogP contribution >= 0.6 is 0 Å². The lowest BCUT2D eigenvalue weighted by Crippen LogP contribution is -2.35. The second kappa shape index (κ2) is 9.09. The molecule has 0 aliphatic carbocycles. The molecular weight excluding hydrogens is 282 g/mol. The highest BCUT2D eigenvalue weighted by Gasteiger charge is 2.26. The van der Waals surface area contributed by atoms with E-state index in [-0.39, 0.29) is 18.7 Å². The Morgan fingerprint density at radius 3 is 1.78 bits per heavy atom. The Kier molecular flexibility index (Phi) is 6.79. The van der Waals surface area contributed by atoms with Gasteiger partial charge in [0, 0.05) is 12.6 Å². The molecule has 0 unspecified atom stereocenters. The molecule has 0 amide bonds. The maximum Gasteiger partial charge on any atom is 0.0628 e. The van der Waals surface area contributed by atoms with Crippen LogP contribution in [0.15, 0.2) is 86.0 Å².